The molecule has 0 spiro atoms. The number of piperazine rings is 1. The third-order valence-corrected chi connectivity index (χ3v) is 5.99. The number of aromatic amines is 1. The quantitative estimate of drug-likeness (QED) is 0.817. The average Bonchev–Trinajstić information content (AvgIpc) is 3.18. The van der Waals surface area contributed by atoms with Crippen LogP contribution < -0.4 is 0 Å². The van der Waals surface area contributed by atoms with Gasteiger partial charge in [0.05, 0.1) is 10.7 Å². The summed E-state index contributed by atoms with van der Waals surface area (Å²) in [4.78, 5) is 36.6. The maximum Gasteiger partial charge on any atom is 0.270 e. The maximum absolute atomic E-state index is 12.9. The fourth-order valence-electron chi connectivity index (χ4n) is 3.57. The van der Waals surface area contributed by atoms with E-state index in [1.54, 1.807) is 18.3 Å². The normalized spacial score (nSPS) is 15.5. The Morgan fingerprint density at radius 1 is 1.23 bits per heavy atom. The molecule has 3 heterocycles. The summed E-state index contributed by atoms with van der Waals surface area (Å²) >= 11 is 1.71. The first-order valence-corrected chi connectivity index (χ1v) is 9.93. The van der Waals surface area contributed by atoms with Gasteiger partial charge in [0.2, 0.25) is 0 Å². The topological polar surface area (TPSA) is 69.3 Å². The average molecular weight is 375 g/mol. The van der Waals surface area contributed by atoms with Crippen LogP contribution in [0, 0.1) is 13.8 Å². The summed E-state index contributed by atoms with van der Waals surface area (Å²) in [6, 6.07) is 0. The van der Waals surface area contributed by atoms with Gasteiger partial charge < -0.3 is 9.88 Å². The van der Waals surface area contributed by atoms with Crippen molar-refractivity contribution >= 4 is 23.0 Å². The highest BCUT2D eigenvalue weighted by Crippen LogP contribution is 2.21. The molecule has 0 radical (unpaired) electrons. The van der Waals surface area contributed by atoms with E-state index in [0.29, 0.717) is 24.3 Å². The minimum absolute atomic E-state index is 0.00479. The van der Waals surface area contributed by atoms with E-state index in [4.69, 9.17) is 0 Å². The van der Waals surface area contributed by atoms with Gasteiger partial charge in [0.1, 0.15) is 5.69 Å². The van der Waals surface area contributed by atoms with Gasteiger partial charge in [-0.1, -0.05) is 6.92 Å². The molecule has 0 atom stereocenters. The van der Waals surface area contributed by atoms with Crippen LogP contribution in [0.4, 0.5) is 0 Å². The summed E-state index contributed by atoms with van der Waals surface area (Å²) in [7, 11) is 0. The van der Waals surface area contributed by atoms with Crippen LogP contribution in [-0.4, -0.2) is 57.6 Å². The Balaban J connectivity index is 1.62. The third kappa shape index (κ3) is 3.73. The van der Waals surface area contributed by atoms with Gasteiger partial charge >= 0.3 is 0 Å². The number of carbonyl (C=O) groups is 2. The Bertz CT molecular complexity index is 816. The predicted molar refractivity (Wildman–Crippen MR) is 103 cm³/mol. The third-order valence-electron chi connectivity index (χ3n) is 4.95. The smallest absolute Gasteiger partial charge is 0.270 e. The molecule has 0 unspecified atom stereocenters. The zero-order valence-electron chi connectivity index (χ0n) is 15.9. The second kappa shape index (κ2) is 7.72. The molecular weight excluding hydrogens is 348 g/mol. The molecule has 1 saturated heterocycles. The van der Waals surface area contributed by atoms with E-state index >= 15 is 0 Å². The van der Waals surface area contributed by atoms with Crippen LogP contribution in [0.2, 0.25) is 0 Å². The lowest BCUT2D eigenvalue weighted by Crippen LogP contribution is -2.48. The molecule has 2 aromatic rings. The molecular formula is C19H26N4O2S. The zero-order valence-corrected chi connectivity index (χ0v) is 16.7. The van der Waals surface area contributed by atoms with Crippen molar-refractivity contribution in [3.8, 4) is 0 Å². The summed E-state index contributed by atoms with van der Waals surface area (Å²) in [6.45, 7) is 11.2. The molecule has 6 nitrogen and oxygen atoms in total. The second-order valence-electron chi connectivity index (χ2n) is 6.84. The molecule has 1 N–H and O–H groups in total. The minimum Gasteiger partial charge on any atom is -0.354 e. The van der Waals surface area contributed by atoms with E-state index in [1.165, 1.54) is 5.01 Å². The van der Waals surface area contributed by atoms with Gasteiger partial charge in [-0.2, -0.15) is 0 Å². The fourth-order valence-corrected chi connectivity index (χ4v) is 4.31. The van der Waals surface area contributed by atoms with Crippen molar-refractivity contribution in [2.24, 2.45) is 0 Å². The molecule has 1 fully saturated rings. The van der Waals surface area contributed by atoms with Gasteiger partial charge in [0.25, 0.3) is 5.91 Å². The van der Waals surface area contributed by atoms with Gasteiger partial charge in [-0.3, -0.25) is 14.5 Å². The molecule has 3 rings (SSSR count). The number of aryl methyl sites for hydroxylation is 2. The molecule has 0 bridgehead atoms. The van der Waals surface area contributed by atoms with Gasteiger partial charge in [-0.05, 0) is 32.8 Å². The molecule has 0 aromatic carbocycles. The van der Waals surface area contributed by atoms with E-state index in [9.17, 15) is 9.59 Å². The molecule has 26 heavy (non-hydrogen) atoms. The standard InChI is InChI=1S/C19H26N4O2S/c1-5-16-21-15(11-26-16)10-22-6-8-23(9-7-22)19(25)18-12(2)17(14(4)24)13(3)20-18/h11,20H,5-10H2,1-4H3. The van der Waals surface area contributed by atoms with Crippen LogP contribution in [0.3, 0.4) is 0 Å². The van der Waals surface area contributed by atoms with Crippen molar-refractivity contribution in [2.45, 2.75) is 40.7 Å². The number of nitrogens with one attached hydrogen (secondary N) is 1. The number of carbonyl (C=O) groups excluding carboxylic acids is 2. The van der Waals surface area contributed by atoms with Crippen molar-refractivity contribution in [1.29, 1.82) is 0 Å². The monoisotopic (exact) mass is 374 g/mol. The number of H-pyrrole nitrogens is 1. The van der Waals surface area contributed by atoms with E-state index in [-0.39, 0.29) is 11.7 Å². The van der Waals surface area contributed by atoms with E-state index in [1.807, 2.05) is 18.7 Å². The number of hydrogen-bond acceptors (Lipinski definition) is 5. The predicted octanol–water partition coefficient (Wildman–Crippen LogP) is 2.81. The number of rotatable bonds is 5. The highest BCUT2D eigenvalue weighted by atomic mass is 32.1. The highest BCUT2D eigenvalue weighted by molar-refractivity contribution is 7.09. The molecule has 0 saturated carbocycles. The Kier molecular flexibility index (Phi) is 5.58. The van der Waals surface area contributed by atoms with Crippen LogP contribution >= 0.6 is 11.3 Å². The summed E-state index contributed by atoms with van der Waals surface area (Å²) in [5, 5.41) is 3.30. The lowest BCUT2D eigenvalue weighted by molar-refractivity contribution is 0.0621. The first-order valence-electron chi connectivity index (χ1n) is 9.05. The number of aromatic nitrogens is 2. The van der Waals surface area contributed by atoms with Crippen LogP contribution in [-0.2, 0) is 13.0 Å². The first-order chi connectivity index (χ1) is 12.4. The van der Waals surface area contributed by atoms with Gasteiger partial charge in [-0.25, -0.2) is 4.98 Å². The second-order valence-corrected chi connectivity index (χ2v) is 7.78. The minimum atomic E-state index is -0.0142. The zero-order chi connectivity index (χ0) is 18.8. The molecule has 1 amide bonds. The molecule has 2 aromatic heterocycles. The molecule has 140 valence electrons. The van der Waals surface area contributed by atoms with Crippen molar-refractivity contribution in [2.75, 3.05) is 26.2 Å². The lowest BCUT2D eigenvalue weighted by Gasteiger charge is -2.34. The first kappa shape index (κ1) is 18.8. The summed E-state index contributed by atoms with van der Waals surface area (Å²) in [6.07, 6.45) is 0.976. The maximum atomic E-state index is 12.9. The number of amides is 1. The highest BCUT2D eigenvalue weighted by Gasteiger charge is 2.27. The Morgan fingerprint density at radius 2 is 1.92 bits per heavy atom. The van der Waals surface area contributed by atoms with Gasteiger partial charge in [0.15, 0.2) is 5.78 Å². The Hall–Kier alpha value is -1.99. The number of Topliss-reactive ketones (excluding diaryl/α,β-unsaturated/α-hetero) is 1. The van der Waals surface area contributed by atoms with E-state index in [2.05, 4.69) is 27.2 Å². The molecule has 0 aliphatic carbocycles. The van der Waals surface area contributed by atoms with Crippen molar-refractivity contribution in [3.63, 3.8) is 0 Å². The Labute approximate surface area is 158 Å². The summed E-state index contributed by atoms with van der Waals surface area (Å²) in [5.74, 6) is -0.0190. The summed E-state index contributed by atoms with van der Waals surface area (Å²) < 4.78 is 0. The lowest BCUT2D eigenvalue weighted by atomic mass is 10.1. The van der Waals surface area contributed by atoms with Crippen LogP contribution in [0.15, 0.2) is 5.38 Å². The fraction of sp³-hybridized carbons (Fsp3) is 0.526. The van der Waals surface area contributed by atoms with Crippen LogP contribution in [0.5, 0.6) is 0 Å². The molecule has 1 aliphatic heterocycles. The Morgan fingerprint density at radius 3 is 2.46 bits per heavy atom. The summed E-state index contributed by atoms with van der Waals surface area (Å²) in [5.41, 5.74) is 3.84. The number of thiazole rings is 1. The van der Waals surface area contributed by atoms with E-state index < -0.39 is 0 Å². The van der Waals surface area contributed by atoms with Gasteiger partial charge in [0, 0.05) is 49.4 Å². The SMILES string of the molecule is CCc1nc(CN2CCN(C(=O)c3[nH]c(C)c(C(C)=O)c3C)CC2)cs1. The van der Waals surface area contributed by atoms with Gasteiger partial charge in [-0.15, -0.1) is 11.3 Å². The van der Waals surface area contributed by atoms with Crippen LogP contribution in [0.25, 0.3) is 0 Å². The van der Waals surface area contributed by atoms with Crippen molar-refractivity contribution < 1.29 is 9.59 Å². The van der Waals surface area contributed by atoms with Crippen molar-refractivity contribution in [3.05, 3.63) is 38.6 Å². The molecule has 1 aliphatic rings. The number of ketones is 1. The number of nitrogens with zero attached hydrogens (tertiary/aromatic N) is 3. The van der Waals surface area contributed by atoms with Crippen molar-refractivity contribution in [1.82, 2.24) is 19.8 Å². The number of hydrogen-bond donors (Lipinski definition) is 1. The van der Waals surface area contributed by atoms with E-state index in [0.717, 1.165) is 43.0 Å². The van der Waals surface area contributed by atoms with Crippen LogP contribution in [0.1, 0.15) is 56.7 Å². The largest absolute Gasteiger partial charge is 0.354 e. The molecule has 7 heteroatoms.